The van der Waals surface area contributed by atoms with Crippen LogP contribution in [-0.4, -0.2) is 37.9 Å². The second-order valence-electron chi connectivity index (χ2n) is 9.27. The van der Waals surface area contributed by atoms with Crippen molar-refractivity contribution in [3.05, 3.63) is 52.1 Å². The molecule has 0 aromatic heterocycles. The lowest BCUT2D eigenvalue weighted by atomic mass is 9.88. The van der Waals surface area contributed by atoms with Crippen LogP contribution in [0.3, 0.4) is 0 Å². The molecule has 7 heteroatoms. The van der Waals surface area contributed by atoms with E-state index in [0.717, 1.165) is 5.57 Å². The van der Waals surface area contributed by atoms with Crippen LogP contribution in [0.4, 0.5) is 0 Å². The largest absolute Gasteiger partial charge is 0.507 e. The molecule has 0 spiro atoms. The number of fused-ring (bicyclic) bond motifs is 2. The van der Waals surface area contributed by atoms with Gasteiger partial charge in [-0.25, -0.2) is 0 Å². The molecule has 0 saturated heterocycles. The van der Waals surface area contributed by atoms with Crippen LogP contribution in [0.5, 0.6) is 28.7 Å². The molecule has 4 rings (SSSR count). The molecule has 2 heterocycles. The predicted octanol–water partition coefficient (Wildman–Crippen LogP) is 4.09. The molecular formula is C25H28O7. The molecule has 2 atom stereocenters. The number of allylic oxidation sites excluding steroid dienone is 2. The third-order valence-electron chi connectivity index (χ3n) is 6.00. The number of hydrogen-bond acceptors (Lipinski definition) is 7. The molecule has 0 fully saturated rings. The number of phenolic OH excluding ortho intramolecular Hbond substituents is 3. The molecule has 0 aliphatic carbocycles. The standard InChI is InChI=1S/C25H28O7/c1-12(2)5-7-14-23-15(10-20(32-23)25(3,4)30)22(29)21-18(28)11-19(31-24(14)21)13-6-8-16(26)17(27)9-13/h5-6,8-9,19-20,26-27,29-30H,7,10-11H2,1-4H3/t19?,20-/m0/s1. The molecule has 1 unspecified atom stereocenters. The van der Waals surface area contributed by atoms with E-state index in [1.54, 1.807) is 19.9 Å². The van der Waals surface area contributed by atoms with Crippen molar-refractivity contribution >= 4 is 5.78 Å². The maximum Gasteiger partial charge on any atom is 0.174 e. The topological polar surface area (TPSA) is 116 Å². The van der Waals surface area contributed by atoms with Crippen molar-refractivity contribution < 1.29 is 34.7 Å². The van der Waals surface area contributed by atoms with Gasteiger partial charge in [-0.05, 0) is 51.8 Å². The SMILES string of the molecule is CC(C)=CCc1c2c(c(O)c3c1OC(c1ccc(O)c(O)c1)CC3=O)C[C@@H](C(C)(C)O)O2. The van der Waals surface area contributed by atoms with E-state index in [-0.39, 0.29) is 47.2 Å². The number of phenols is 3. The first-order valence-corrected chi connectivity index (χ1v) is 10.6. The quantitative estimate of drug-likeness (QED) is 0.418. The van der Waals surface area contributed by atoms with E-state index >= 15 is 0 Å². The highest BCUT2D eigenvalue weighted by atomic mass is 16.5. The normalized spacial score (nSPS) is 19.6. The van der Waals surface area contributed by atoms with Crippen LogP contribution < -0.4 is 9.47 Å². The zero-order valence-electron chi connectivity index (χ0n) is 18.6. The Labute approximate surface area is 186 Å². The lowest BCUT2D eigenvalue weighted by Gasteiger charge is -2.29. The molecular weight excluding hydrogens is 412 g/mol. The average molecular weight is 440 g/mol. The molecule has 2 aromatic carbocycles. The highest BCUT2D eigenvalue weighted by molar-refractivity contribution is 6.04. The summed E-state index contributed by atoms with van der Waals surface area (Å²) in [5.74, 6) is -0.324. The first-order valence-electron chi connectivity index (χ1n) is 10.6. The van der Waals surface area contributed by atoms with Gasteiger partial charge in [0.25, 0.3) is 0 Å². The monoisotopic (exact) mass is 440 g/mol. The first-order chi connectivity index (χ1) is 15.0. The second-order valence-corrected chi connectivity index (χ2v) is 9.27. The number of hydrogen-bond donors (Lipinski definition) is 4. The van der Waals surface area contributed by atoms with Crippen LogP contribution in [0.2, 0.25) is 0 Å². The lowest BCUT2D eigenvalue weighted by Crippen LogP contribution is -2.39. The summed E-state index contributed by atoms with van der Waals surface area (Å²) in [4.78, 5) is 13.2. The molecule has 2 aliphatic rings. The molecule has 0 bridgehead atoms. The highest BCUT2D eigenvalue weighted by Gasteiger charge is 2.42. The van der Waals surface area contributed by atoms with Crippen LogP contribution in [0.25, 0.3) is 0 Å². The van der Waals surface area contributed by atoms with Gasteiger partial charge in [-0.3, -0.25) is 4.79 Å². The van der Waals surface area contributed by atoms with E-state index < -0.39 is 17.8 Å². The molecule has 7 nitrogen and oxygen atoms in total. The zero-order chi connectivity index (χ0) is 23.4. The van der Waals surface area contributed by atoms with Gasteiger partial charge in [0, 0.05) is 17.5 Å². The fourth-order valence-electron chi connectivity index (χ4n) is 4.16. The fraction of sp³-hybridized carbons (Fsp3) is 0.400. The van der Waals surface area contributed by atoms with Crippen molar-refractivity contribution in [2.24, 2.45) is 0 Å². The minimum Gasteiger partial charge on any atom is -0.507 e. The van der Waals surface area contributed by atoms with Gasteiger partial charge in [0.05, 0.1) is 12.0 Å². The summed E-state index contributed by atoms with van der Waals surface area (Å²) in [7, 11) is 0. The second kappa shape index (κ2) is 7.74. The number of ether oxygens (including phenoxy) is 2. The van der Waals surface area contributed by atoms with Crippen molar-refractivity contribution in [2.75, 3.05) is 0 Å². The number of ketones is 1. The zero-order valence-corrected chi connectivity index (χ0v) is 18.6. The summed E-state index contributed by atoms with van der Waals surface area (Å²) in [6.45, 7) is 7.21. The number of Topliss-reactive ketones (excluding diaryl/α,β-unsaturated/α-hetero) is 1. The summed E-state index contributed by atoms with van der Waals surface area (Å²) in [6.07, 6.45) is 1.39. The van der Waals surface area contributed by atoms with Crippen LogP contribution in [-0.2, 0) is 12.8 Å². The Hall–Kier alpha value is -3.19. The van der Waals surface area contributed by atoms with Crippen molar-refractivity contribution in [2.45, 2.75) is 64.8 Å². The molecule has 170 valence electrons. The van der Waals surface area contributed by atoms with E-state index in [0.29, 0.717) is 28.9 Å². The van der Waals surface area contributed by atoms with Crippen LogP contribution >= 0.6 is 0 Å². The Kier molecular flexibility index (Phi) is 5.33. The molecule has 4 N–H and O–H groups in total. The summed E-state index contributed by atoms with van der Waals surface area (Å²) in [5, 5.41) is 41.0. The van der Waals surface area contributed by atoms with Gasteiger partial charge in [0.2, 0.25) is 0 Å². The minimum absolute atomic E-state index is 0.0264. The van der Waals surface area contributed by atoms with E-state index in [1.807, 2.05) is 19.9 Å². The number of aliphatic hydroxyl groups is 1. The van der Waals surface area contributed by atoms with Gasteiger partial charge in [0.1, 0.15) is 35.0 Å². The van der Waals surface area contributed by atoms with Crippen LogP contribution in [0.15, 0.2) is 29.8 Å². The molecule has 0 saturated carbocycles. The fourth-order valence-corrected chi connectivity index (χ4v) is 4.16. The van der Waals surface area contributed by atoms with E-state index in [9.17, 15) is 25.2 Å². The molecule has 2 aromatic rings. The molecule has 2 aliphatic heterocycles. The number of rotatable bonds is 4. The molecule has 0 amide bonds. The predicted molar refractivity (Wildman–Crippen MR) is 118 cm³/mol. The van der Waals surface area contributed by atoms with Gasteiger partial charge in [-0.15, -0.1) is 0 Å². The van der Waals surface area contributed by atoms with E-state index in [2.05, 4.69) is 0 Å². The van der Waals surface area contributed by atoms with Crippen molar-refractivity contribution in [1.82, 2.24) is 0 Å². The van der Waals surface area contributed by atoms with Crippen LogP contribution in [0.1, 0.15) is 67.3 Å². The Balaban J connectivity index is 1.85. The third kappa shape index (κ3) is 3.77. The van der Waals surface area contributed by atoms with Crippen molar-refractivity contribution in [1.29, 1.82) is 0 Å². The van der Waals surface area contributed by atoms with Gasteiger partial charge in [-0.2, -0.15) is 0 Å². The third-order valence-corrected chi connectivity index (χ3v) is 6.00. The lowest BCUT2D eigenvalue weighted by molar-refractivity contribution is -0.0233. The van der Waals surface area contributed by atoms with Crippen molar-refractivity contribution in [3.8, 4) is 28.7 Å². The number of benzene rings is 2. The van der Waals surface area contributed by atoms with E-state index in [4.69, 9.17) is 9.47 Å². The summed E-state index contributed by atoms with van der Waals surface area (Å²) in [5.41, 5.74) is 1.73. The Bertz CT molecular complexity index is 1120. The Morgan fingerprint density at radius 1 is 1.09 bits per heavy atom. The maximum absolute atomic E-state index is 13.2. The highest BCUT2D eigenvalue weighted by Crippen LogP contribution is 2.52. The first kappa shape index (κ1) is 22.0. The number of aromatic hydroxyl groups is 3. The molecule has 0 radical (unpaired) electrons. The van der Waals surface area contributed by atoms with Crippen LogP contribution in [0, 0.1) is 0 Å². The van der Waals surface area contributed by atoms with Gasteiger partial charge in [-0.1, -0.05) is 17.7 Å². The van der Waals surface area contributed by atoms with Crippen molar-refractivity contribution in [3.63, 3.8) is 0 Å². The smallest absolute Gasteiger partial charge is 0.174 e. The summed E-state index contributed by atoms with van der Waals surface area (Å²) >= 11 is 0. The Morgan fingerprint density at radius 2 is 1.81 bits per heavy atom. The van der Waals surface area contributed by atoms with Gasteiger partial charge >= 0.3 is 0 Å². The summed E-state index contributed by atoms with van der Waals surface area (Å²) < 4.78 is 12.3. The van der Waals surface area contributed by atoms with Gasteiger partial charge < -0.3 is 29.9 Å². The van der Waals surface area contributed by atoms with E-state index in [1.165, 1.54) is 12.1 Å². The average Bonchev–Trinajstić information content (AvgIpc) is 3.15. The number of carbonyl (C=O) groups is 1. The Morgan fingerprint density at radius 3 is 2.44 bits per heavy atom. The van der Waals surface area contributed by atoms with Gasteiger partial charge in [0.15, 0.2) is 17.3 Å². The molecule has 32 heavy (non-hydrogen) atoms. The maximum atomic E-state index is 13.2. The number of carbonyl (C=O) groups excluding carboxylic acids is 1. The summed E-state index contributed by atoms with van der Waals surface area (Å²) in [6, 6.07) is 4.29. The minimum atomic E-state index is -1.14.